The molecule has 0 saturated carbocycles. The quantitative estimate of drug-likeness (QED) is 0.148. The van der Waals surface area contributed by atoms with Gasteiger partial charge in [0, 0.05) is 93.4 Å². The Morgan fingerprint density at radius 2 is 0.908 bits per heavy atom. The van der Waals surface area contributed by atoms with Crippen LogP contribution in [-0.2, 0) is 16.2 Å². The van der Waals surface area contributed by atoms with Crippen LogP contribution in [0.15, 0.2) is 224 Å². The summed E-state index contributed by atoms with van der Waals surface area (Å²) < 4.78 is 5.09. The summed E-state index contributed by atoms with van der Waals surface area (Å²) in [4.78, 5) is 7.70. The Bertz CT molecular complexity index is 4890. The number of aryl methyl sites for hydroxylation is 3. The van der Waals surface area contributed by atoms with E-state index in [0.29, 0.717) is 0 Å². The van der Waals surface area contributed by atoms with Crippen LogP contribution in [-0.4, -0.2) is 11.3 Å². The maximum Gasteiger partial charge on any atom is 0.252 e. The number of nitrogens with zero attached hydrogens (tertiary/aromatic N) is 4. The molecule has 4 nitrogen and oxygen atoms in total. The van der Waals surface area contributed by atoms with Crippen molar-refractivity contribution < 1.29 is 0 Å². The van der Waals surface area contributed by atoms with Gasteiger partial charge in [0.1, 0.15) is 0 Å². The van der Waals surface area contributed by atoms with Gasteiger partial charge < -0.3 is 19.3 Å². The van der Waals surface area contributed by atoms with E-state index >= 15 is 0 Å². The Balaban J connectivity index is 0.997. The monoisotopic (exact) mass is 1140 g/mol. The van der Waals surface area contributed by atoms with Gasteiger partial charge in [0.05, 0.1) is 11.0 Å². The molecule has 0 atom stereocenters. The molecule has 2 aliphatic rings. The van der Waals surface area contributed by atoms with Gasteiger partial charge in [0.2, 0.25) is 0 Å². The van der Waals surface area contributed by atoms with E-state index in [1.54, 1.807) is 0 Å². The van der Waals surface area contributed by atoms with Gasteiger partial charge in [-0.15, -0.1) is 11.3 Å². The molecular weight excluding hydrogens is 1070 g/mol. The zero-order chi connectivity index (χ0) is 60.0. The van der Waals surface area contributed by atoms with Crippen molar-refractivity contribution in [3.05, 3.63) is 258 Å². The highest BCUT2D eigenvalue weighted by Gasteiger charge is 2.44. The van der Waals surface area contributed by atoms with Crippen LogP contribution in [0, 0.1) is 20.8 Å². The summed E-state index contributed by atoms with van der Waals surface area (Å²) in [7, 11) is 0. The summed E-state index contributed by atoms with van der Waals surface area (Å²) in [6, 6.07) is 85.8. The van der Waals surface area contributed by atoms with Crippen molar-refractivity contribution in [1.29, 1.82) is 0 Å². The highest BCUT2D eigenvalue weighted by molar-refractivity contribution is 7.26. The Labute approximate surface area is 517 Å². The minimum atomic E-state index is -0.0671. The lowest BCUT2D eigenvalue weighted by atomic mass is 9.33. The molecule has 0 aliphatic carbocycles. The second kappa shape index (κ2) is 20.0. The molecule has 0 bridgehead atoms. The molecule has 87 heavy (non-hydrogen) atoms. The topological polar surface area (TPSA) is 14.7 Å². The van der Waals surface area contributed by atoms with Crippen LogP contribution in [0.2, 0.25) is 0 Å². The number of rotatable bonds is 7. The number of anilines is 9. The summed E-state index contributed by atoms with van der Waals surface area (Å²) in [5.41, 5.74) is 28.0. The fourth-order valence-corrected chi connectivity index (χ4v) is 15.6. The third-order valence-corrected chi connectivity index (χ3v) is 19.9. The third kappa shape index (κ3) is 8.92. The number of aromatic nitrogens is 1. The smallest absolute Gasteiger partial charge is 0.252 e. The first-order valence-electron chi connectivity index (χ1n) is 30.9. The lowest BCUT2D eigenvalue weighted by Gasteiger charge is -2.45. The first kappa shape index (κ1) is 54.6. The lowest BCUT2D eigenvalue weighted by molar-refractivity contribution is 0.590. The van der Waals surface area contributed by atoms with Crippen LogP contribution in [0.1, 0.15) is 95.7 Å². The average molecular weight is 1150 g/mol. The molecule has 0 amide bonds. The van der Waals surface area contributed by atoms with E-state index in [0.717, 1.165) is 39.6 Å². The molecule has 4 heterocycles. The Kier molecular flexibility index (Phi) is 12.5. The molecule has 0 radical (unpaired) electrons. The molecular formula is C81H73BN4S. The van der Waals surface area contributed by atoms with Crippen LogP contribution in [0.25, 0.3) is 58.8 Å². The predicted molar refractivity (Wildman–Crippen MR) is 378 cm³/mol. The number of hydrogen-bond acceptors (Lipinski definition) is 4. The first-order valence-corrected chi connectivity index (χ1v) is 31.7. The number of hydrogen-bond donors (Lipinski definition) is 0. The van der Waals surface area contributed by atoms with Crippen LogP contribution in [0.5, 0.6) is 0 Å². The van der Waals surface area contributed by atoms with Crippen molar-refractivity contribution in [3.8, 4) is 16.8 Å². The van der Waals surface area contributed by atoms with Crippen LogP contribution < -0.4 is 31.1 Å². The Morgan fingerprint density at radius 1 is 0.379 bits per heavy atom. The highest BCUT2D eigenvalue weighted by atomic mass is 32.1. The molecule has 0 N–H and O–H groups in total. The Morgan fingerprint density at radius 3 is 1.59 bits per heavy atom. The second-order valence-corrected chi connectivity index (χ2v) is 28.7. The molecule has 0 spiro atoms. The van der Waals surface area contributed by atoms with Crippen molar-refractivity contribution in [1.82, 2.24) is 4.57 Å². The van der Waals surface area contributed by atoms with Crippen LogP contribution in [0.3, 0.4) is 0 Å². The van der Waals surface area contributed by atoms with E-state index in [2.05, 4.69) is 327 Å². The largest absolute Gasteiger partial charge is 0.311 e. The van der Waals surface area contributed by atoms with Crippen LogP contribution >= 0.6 is 11.3 Å². The van der Waals surface area contributed by atoms with Crippen molar-refractivity contribution in [3.63, 3.8) is 0 Å². The van der Waals surface area contributed by atoms with Crippen molar-refractivity contribution >= 4 is 128 Å². The molecule has 6 heteroatoms. The van der Waals surface area contributed by atoms with Crippen molar-refractivity contribution in [2.45, 2.75) is 99.3 Å². The molecule has 0 unspecified atom stereocenters. The van der Waals surface area contributed by atoms with Gasteiger partial charge in [-0.3, -0.25) is 0 Å². The highest BCUT2D eigenvalue weighted by Crippen LogP contribution is 2.50. The van der Waals surface area contributed by atoms with E-state index in [1.807, 2.05) is 11.3 Å². The van der Waals surface area contributed by atoms with E-state index in [9.17, 15) is 0 Å². The zero-order valence-corrected chi connectivity index (χ0v) is 53.0. The van der Waals surface area contributed by atoms with Gasteiger partial charge in [-0.2, -0.15) is 0 Å². The maximum absolute atomic E-state index is 2.62. The van der Waals surface area contributed by atoms with Gasteiger partial charge in [-0.25, -0.2) is 0 Å². The predicted octanol–water partition coefficient (Wildman–Crippen LogP) is 21.2. The van der Waals surface area contributed by atoms with Gasteiger partial charge >= 0.3 is 0 Å². The minimum Gasteiger partial charge on any atom is -0.311 e. The maximum atomic E-state index is 2.62. The summed E-state index contributed by atoms with van der Waals surface area (Å²) in [6.45, 7) is 27.7. The van der Waals surface area contributed by atoms with E-state index in [4.69, 9.17) is 0 Å². The van der Waals surface area contributed by atoms with Crippen molar-refractivity contribution in [2.75, 3.05) is 14.7 Å². The average Bonchev–Trinajstić information content (AvgIpc) is 1.67. The lowest BCUT2D eigenvalue weighted by Crippen LogP contribution is -2.61. The Hall–Kier alpha value is -9.10. The fraction of sp³-hybridized carbons (Fsp3) is 0.185. The molecule has 13 aromatic rings. The molecule has 2 aromatic heterocycles. The van der Waals surface area contributed by atoms with Gasteiger partial charge in [-0.05, 0) is 195 Å². The molecule has 0 fully saturated rings. The zero-order valence-electron chi connectivity index (χ0n) is 52.1. The fourth-order valence-electron chi connectivity index (χ4n) is 14.3. The van der Waals surface area contributed by atoms with Gasteiger partial charge in [-0.1, -0.05) is 184 Å². The van der Waals surface area contributed by atoms with Gasteiger partial charge in [0.15, 0.2) is 0 Å². The number of fused-ring (bicyclic) bond motifs is 10. The summed E-state index contributed by atoms with van der Waals surface area (Å²) in [5.74, 6) is 0. The standard InChI is InChI=1S/C81H73BN4S/c1-50-43-73-77-74(44-50)86(61-45-51(2)76(52(3)46-61)66-26-20-25-65-64-24-17-19-28-75(64)87-78(65)66)72-49-60(39-42-68(72)82(77)67-41-33-55(81(10,11)12)47-71(67)85(73)58-36-31-54(32-37-58)80(7,8)9)83(57-34-29-53(30-35-57)79(4,5)6)59-38-40-63-62-23-16-18-27-69(62)84(70(63)48-59)56-21-14-13-15-22-56/h13-49H,1-12H3. The number of para-hydroxylation sites is 2. The summed E-state index contributed by atoms with van der Waals surface area (Å²) in [6.07, 6.45) is 0. The van der Waals surface area contributed by atoms with Gasteiger partial charge in [0.25, 0.3) is 6.71 Å². The number of benzene rings is 11. The summed E-state index contributed by atoms with van der Waals surface area (Å²) in [5, 5.41) is 5.10. The van der Waals surface area contributed by atoms with E-state index in [-0.39, 0.29) is 23.0 Å². The third-order valence-electron chi connectivity index (χ3n) is 18.7. The molecule has 426 valence electrons. The minimum absolute atomic E-state index is 0.0127. The van der Waals surface area contributed by atoms with Crippen molar-refractivity contribution in [2.24, 2.45) is 0 Å². The van der Waals surface area contributed by atoms with E-state index in [1.165, 1.54) is 120 Å². The molecule has 2 aliphatic heterocycles. The molecule has 11 aromatic carbocycles. The summed E-state index contributed by atoms with van der Waals surface area (Å²) >= 11 is 1.91. The normalized spacial score (nSPS) is 13.2. The van der Waals surface area contributed by atoms with E-state index < -0.39 is 0 Å². The SMILES string of the molecule is Cc1cc2c3c(c1)N(c1ccc(C(C)(C)C)cc1)c1cc(C(C)(C)C)ccc1B3c1ccc(N(c3ccc(C(C)(C)C)cc3)c3ccc4c5ccccc5n(-c5ccccc5)c4c3)cc1N2c1cc(C)c(-c2cccc3c2sc2ccccc23)c(C)c1. The molecule has 15 rings (SSSR count). The molecule has 0 saturated heterocycles. The number of thiophene rings is 1. The first-order chi connectivity index (χ1) is 41.8. The van der Waals surface area contributed by atoms with Crippen LogP contribution in [0.4, 0.5) is 51.2 Å². The second-order valence-electron chi connectivity index (χ2n) is 27.6.